The van der Waals surface area contributed by atoms with Gasteiger partial charge in [0.2, 0.25) is 11.8 Å². The molecule has 0 saturated carbocycles. The van der Waals surface area contributed by atoms with Crippen molar-refractivity contribution in [3.05, 3.63) is 71.3 Å². The standard InChI is InChI=1S/C25H34N2O2/c1-6-22(24(29)26-25(3,4)5)27(17-16-20-13-8-7-9-14-20)23(28)18-21-15-11-10-12-19(21)2/h7-15,22H,6,16-18H2,1-5H3,(H,26,29). The fraction of sp³-hybridized carbons (Fsp3) is 0.440. The zero-order chi connectivity index (χ0) is 21.4. The SMILES string of the molecule is CCC(C(=O)NC(C)(C)C)N(CCc1ccccc1)C(=O)Cc1ccccc1C. The molecule has 0 spiro atoms. The summed E-state index contributed by atoms with van der Waals surface area (Å²) in [5.41, 5.74) is 2.92. The molecule has 0 bridgehead atoms. The first kappa shape index (κ1) is 22.7. The number of hydrogen-bond donors (Lipinski definition) is 1. The van der Waals surface area contributed by atoms with Gasteiger partial charge in [0.05, 0.1) is 6.42 Å². The van der Waals surface area contributed by atoms with E-state index in [2.05, 4.69) is 17.4 Å². The van der Waals surface area contributed by atoms with Gasteiger partial charge in [-0.2, -0.15) is 0 Å². The second-order valence-electron chi connectivity index (χ2n) is 8.59. The molecule has 156 valence electrons. The molecule has 0 aliphatic rings. The number of hydrogen-bond acceptors (Lipinski definition) is 2. The highest BCUT2D eigenvalue weighted by atomic mass is 16.2. The molecular weight excluding hydrogens is 360 g/mol. The van der Waals surface area contributed by atoms with Gasteiger partial charge >= 0.3 is 0 Å². The molecule has 1 N–H and O–H groups in total. The zero-order valence-corrected chi connectivity index (χ0v) is 18.4. The van der Waals surface area contributed by atoms with Crippen LogP contribution in [0.3, 0.4) is 0 Å². The minimum atomic E-state index is -0.477. The van der Waals surface area contributed by atoms with Gasteiger partial charge in [0.1, 0.15) is 6.04 Å². The highest BCUT2D eigenvalue weighted by molar-refractivity contribution is 5.89. The van der Waals surface area contributed by atoms with Crippen LogP contribution in [0.2, 0.25) is 0 Å². The minimum absolute atomic E-state index is 0.00820. The third-order valence-corrected chi connectivity index (χ3v) is 4.97. The summed E-state index contributed by atoms with van der Waals surface area (Å²) in [6, 6.07) is 17.5. The van der Waals surface area contributed by atoms with Gasteiger partial charge in [0.15, 0.2) is 0 Å². The number of aryl methyl sites for hydroxylation is 1. The number of amides is 2. The lowest BCUT2D eigenvalue weighted by molar-refractivity contribution is -0.140. The van der Waals surface area contributed by atoms with E-state index in [4.69, 9.17) is 0 Å². The number of rotatable bonds is 8. The second kappa shape index (κ2) is 10.2. The molecule has 1 atom stereocenters. The van der Waals surface area contributed by atoms with Gasteiger partial charge in [-0.1, -0.05) is 61.5 Å². The fourth-order valence-corrected chi connectivity index (χ4v) is 3.42. The van der Waals surface area contributed by atoms with Gasteiger partial charge in [0, 0.05) is 12.1 Å². The molecule has 0 aliphatic carbocycles. The Labute approximate surface area is 175 Å². The third kappa shape index (κ3) is 7.04. The molecule has 2 rings (SSSR count). The summed E-state index contributed by atoms with van der Waals surface area (Å²) in [6.07, 6.45) is 1.61. The van der Waals surface area contributed by atoms with Crippen molar-refractivity contribution in [2.75, 3.05) is 6.54 Å². The normalized spacial score (nSPS) is 12.3. The van der Waals surface area contributed by atoms with Gasteiger partial charge in [0.25, 0.3) is 0 Å². The molecule has 2 aromatic carbocycles. The summed E-state index contributed by atoms with van der Waals surface area (Å²) >= 11 is 0. The molecular formula is C25H34N2O2. The topological polar surface area (TPSA) is 49.4 Å². The summed E-state index contributed by atoms with van der Waals surface area (Å²) in [4.78, 5) is 28.0. The summed E-state index contributed by atoms with van der Waals surface area (Å²) in [5, 5.41) is 3.05. The molecule has 0 fully saturated rings. The van der Waals surface area contributed by atoms with E-state index in [-0.39, 0.29) is 17.4 Å². The molecule has 4 heteroatoms. The lowest BCUT2D eigenvalue weighted by Gasteiger charge is -2.33. The van der Waals surface area contributed by atoms with E-state index in [1.165, 1.54) is 0 Å². The van der Waals surface area contributed by atoms with Crippen LogP contribution in [-0.4, -0.2) is 34.8 Å². The van der Waals surface area contributed by atoms with Crippen molar-refractivity contribution in [2.24, 2.45) is 0 Å². The summed E-state index contributed by atoms with van der Waals surface area (Å²) in [6.45, 7) is 10.4. The average molecular weight is 395 g/mol. The molecule has 0 radical (unpaired) electrons. The van der Waals surface area contributed by atoms with E-state index >= 15 is 0 Å². The number of nitrogens with one attached hydrogen (secondary N) is 1. The highest BCUT2D eigenvalue weighted by Gasteiger charge is 2.30. The Morgan fingerprint density at radius 3 is 2.21 bits per heavy atom. The van der Waals surface area contributed by atoms with Crippen LogP contribution in [0.15, 0.2) is 54.6 Å². The van der Waals surface area contributed by atoms with Crippen LogP contribution < -0.4 is 5.32 Å². The van der Waals surface area contributed by atoms with Crippen molar-refractivity contribution < 1.29 is 9.59 Å². The first-order chi connectivity index (χ1) is 13.7. The quantitative estimate of drug-likeness (QED) is 0.726. The fourth-order valence-electron chi connectivity index (χ4n) is 3.42. The molecule has 0 heterocycles. The van der Waals surface area contributed by atoms with Crippen LogP contribution in [-0.2, 0) is 22.4 Å². The second-order valence-corrected chi connectivity index (χ2v) is 8.59. The maximum atomic E-state index is 13.3. The van der Waals surface area contributed by atoms with E-state index in [0.717, 1.165) is 23.1 Å². The van der Waals surface area contributed by atoms with Crippen LogP contribution >= 0.6 is 0 Å². The van der Waals surface area contributed by atoms with Gasteiger partial charge in [-0.05, 0) is 57.2 Å². The summed E-state index contributed by atoms with van der Waals surface area (Å²) in [5.74, 6) is -0.0997. The Balaban J connectivity index is 2.24. The van der Waals surface area contributed by atoms with Gasteiger partial charge in [-0.15, -0.1) is 0 Å². The third-order valence-electron chi connectivity index (χ3n) is 4.97. The van der Waals surface area contributed by atoms with E-state index in [9.17, 15) is 9.59 Å². The van der Waals surface area contributed by atoms with Crippen molar-refractivity contribution in [3.63, 3.8) is 0 Å². The van der Waals surface area contributed by atoms with E-state index < -0.39 is 6.04 Å². The Bertz CT molecular complexity index is 809. The summed E-state index contributed by atoms with van der Waals surface area (Å²) < 4.78 is 0. The molecule has 2 aromatic rings. The van der Waals surface area contributed by atoms with Crippen molar-refractivity contribution in [1.29, 1.82) is 0 Å². The van der Waals surface area contributed by atoms with Crippen molar-refractivity contribution in [2.45, 2.75) is 65.5 Å². The summed E-state index contributed by atoms with van der Waals surface area (Å²) in [7, 11) is 0. The smallest absolute Gasteiger partial charge is 0.243 e. The molecule has 29 heavy (non-hydrogen) atoms. The van der Waals surface area contributed by atoms with Crippen LogP contribution in [0.4, 0.5) is 0 Å². The number of carbonyl (C=O) groups excluding carboxylic acids is 2. The first-order valence-electron chi connectivity index (χ1n) is 10.4. The van der Waals surface area contributed by atoms with Crippen molar-refractivity contribution in [3.8, 4) is 0 Å². The predicted molar refractivity (Wildman–Crippen MR) is 119 cm³/mol. The Hall–Kier alpha value is -2.62. The average Bonchev–Trinajstić information content (AvgIpc) is 2.66. The van der Waals surface area contributed by atoms with Crippen LogP contribution in [0.1, 0.15) is 50.8 Å². The van der Waals surface area contributed by atoms with Gasteiger partial charge in [-0.3, -0.25) is 9.59 Å². The molecule has 0 aromatic heterocycles. The van der Waals surface area contributed by atoms with Crippen LogP contribution in [0.25, 0.3) is 0 Å². The van der Waals surface area contributed by atoms with Crippen molar-refractivity contribution in [1.82, 2.24) is 10.2 Å². The van der Waals surface area contributed by atoms with Crippen LogP contribution in [0, 0.1) is 6.92 Å². The molecule has 0 saturated heterocycles. The monoisotopic (exact) mass is 394 g/mol. The zero-order valence-electron chi connectivity index (χ0n) is 18.4. The predicted octanol–water partition coefficient (Wildman–Crippen LogP) is 4.30. The molecule has 2 amide bonds. The number of benzene rings is 2. The lowest BCUT2D eigenvalue weighted by atomic mass is 10.0. The number of carbonyl (C=O) groups is 2. The maximum absolute atomic E-state index is 13.3. The molecule has 1 unspecified atom stereocenters. The Morgan fingerprint density at radius 2 is 1.62 bits per heavy atom. The van der Waals surface area contributed by atoms with Gasteiger partial charge in [-0.25, -0.2) is 0 Å². The highest BCUT2D eigenvalue weighted by Crippen LogP contribution is 2.15. The molecule has 4 nitrogen and oxygen atoms in total. The van der Waals surface area contributed by atoms with E-state index in [1.807, 2.05) is 77.1 Å². The number of nitrogens with zero attached hydrogens (tertiary/aromatic N) is 1. The Morgan fingerprint density at radius 1 is 1.00 bits per heavy atom. The lowest BCUT2D eigenvalue weighted by Crippen LogP contribution is -2.54. The van der Waals surface area contributed by atoms with Gasteiger partial charge < -0.3 is 10.2 Å². The van der Waals surface area contributed by atoms with E-state index in [1.54, 1.807) is 4.90 Å². The Kier molecular flexibility index (Phi) is 8.00. The van der Waals surface area contributed by atoms with Crippen LogP contribution in [0.5, 0.6) is 0 Å². The van der Waals surface area contributed by atoms with E-state index in [0.29, 0.717) is 19.4 Å². The first-order valence-corrected chi connectivity index (χ1v) is 10.4. The largest absolute Gasteiger partial charge is 0.350 e. The maximum Gasteiger partial charge on any atom is 0.243 e. The minimum Gasteiger partial charge on any atom is -0.350 e. The van der Waals surface area contributed by atoms with Crippen molar-refractivity contribution >= 4 is 11.8 Å². The molecule has 0 aliphatic heterocycles.